The van der Waals surface area contributed by atoms with E-state index in [2.05, 4.69) is 10.2 Å². The summed E-state index contributed by atoms with van der Waals surface area (Å²) in [4.78, 5) is 11.7. The zero-order valence-electron chi connectivity index (χ0n) is 17.6. The van der Waals surface area contributed by atoms with Gasteiger partial charge in [-0.15, -0.1) is 22.0 Å². The second kappa shape index (κ2) is 8.90. The molecule has 11 heteroatoms. The maximum atomic E-state index is 13.9. The van der Waals surface area contributed by atoms with Gasteiger partial charge in [-0.2, -0.15) is 13.2 Å². The van der Waals surface area contributed by atoms with Crippen LogP contribution < -0.4 is 4.74 Å². The van der Waals surface area contributed by atoms with Crippen LogP contribution in [-0.2, 0) is 17.4 Å². The zero-order chi connectivity index (χ0) is 23.9. The summed E-state index contributed by atoms with van der Waals surface area (Å²) in [5, 5.41) is 15.6. The number of ether oxygens (including phenoxy) is 1. The number of fused-ring (bicyclic) bond motifs is 3. The van der Waals surface area contributed by atoms with Crippen molar-refractivity contribution in [2.45, 2.75) is 36.4 Å². The molecule has 0 saturated heterocycles. The van der Waals surface area contributed by atoms with Crippen LogP contribution >= 0.6 is 23.4 Å². The van der Waals surface area contributed by atoms with Crippen LogP contribution in [0.3, 0.4) is 0 Å². The number of carbonyl (C=O) groups is 1. The van der Waals surface area contributed by atoms with E-state index in [0.717, 1.165) is 15.7 Å². The molecule has 0 fully saturated rings. The number of benzene rings is 2. The fraction of sp³-hybridized carbons (Fsp3) is 0.318. The van der Waals surface area contributed by atoms with Crippen LogP contribution in [0.2, 0.25) is 5.02 Å². The first kappa shape index (κ1) is 23.4. The number of aliphatic carboxylic acids is 1. The molecule has 2 aromatic carbocycles. The fourth-order valence-electron chi connectivity index (χ4n) is 4.10. The van der Waals surface area contributed by atoms with Crippen molar-refractivity contribution >= 4 is 29.3 Å². The average Bonchev–Trinajstić information content (AvgIpc) is 3.16. The molecular formula is C22H19ClF3N3O3S. The van der Waals surface area contributed by atoms with Crippen molar-refractivity contribution in [3.63, 3.8) is 0 Å². The lowest BCUT2D eigenvalue weighted by Gasteiger charge is -2.24. The molecule has 0 radical (unpaired) electrons. The summed E-state index contributed by atoms with van der Waals surface area (Å²) in [7, 11) is 1.55. The number of hydrogen-bond acceptors (Lipinski definition) is 5. The van der Waals surface area contributed by atoms with Gasteiger partial charge >= 0.3 is 12.1 Å². The highest BCUT2D eigenvalue weighted by Gasteiger charge is 2.43. The summed E-state index contributed by atoms with van der Waals surface area (Å²) in [6.45, 7) is 1.95. The average molecular weight is 498 g/mol. The molecule has 0 bridgehead atoms. The molecule has 4 rings (SSSR count). The molecule has 2 heterocycles. The Hall–Kier alpha value is -2.72. The number of thioether (sulfide) groups is 1. The Morgan fingerprint density at radius 1 is 1.24 bits per heavy atom. The lowest BCUT2D eigenvalue weighted by Crippen LogP contribution is -2.16. The number of alkyl halides is 3. The smallest absolute Gasteiger partial charge is 0.452 e. The molecule has 1 N–H and O–H groups in total. The van der Waals surface area contributed by atoms with E-state index in [1.807, 2.05) is 19.1 Å². The van der Waals surface area contributed by atoms with Crippen LogP contribution in [0, 0.1) is 0 Å². The Kier molecular flexibility index (Phi) is 6.32. The molecule has 0 amide bonds. The molecule has 3 aromatic rings. The maximum absolute atomic E-state index is 13.9. The number of hydrogen-bond donors (Lipinski definition) is 1. The summed E-state index contributed by atoms with van der Waals surface area (Å²) < 4.78 is 48.0. The molecule has 0 unspecified atom stereocenters. The highest BCUT2D eigenvalue weighted by Crippen LogP contribution is 2.53. The van der Waals surface area contributed by atoms with Crippen LogP contribution in [0.25, 0.3) is 5.69 Å². The summed E-state index contributed by atoms with van der Waals surface area (Å²) in [6.07, 6.45) is -4.61. The van der Waals surface area contributed by atoms with Crippen molar-refractivity contribution in [3.8, 4) is 11.4 Å². The number of rotatable bonds is 5. The fourth-order valence-corrected chi connectivity index (χ4v) is 5.83. The van der Waals surface area contributed by atoms with E-state index >= 15 is 0 Å². The van der Waals surface area contributed by atoms with Gasteiger partial charge in [0, 0.05) is 5.02 Å². The van der Waals surface area contributed by atoms with Crippen LogP contribution in [0.1, 0.15) is 52.2 Å². The van der Waals surface area contributed by atoms with Gasteiger partial charge in [0.05, 0.1) is 29.7 Å². The van der Waals surface area contributed by atoms with Gasteiger partial charge in [-0.25, -0.2) is 0 Å². The maximum Gasteiger partial charge on any atom is 0.452 e. The van der Waals surface area contributed by atoms with E-state index in [-0.39, 0.29) is 11.5 Å². The largest absolute Gasteiger partial charge is 0.496 e. The molecule has 0 saturated carbocycles. The second-order valence-corrected chi connectivity index (χ2v) is 9.15. The van der Waals surface area contributed by atoms with E-state index in [9.17, 15) is 23.1 Å². The van der Waals surface area contributed by atoms with Crippen LogP contribution in [0.5, 0.6) is 5.75 Å². The number of carboxylic acid groups (broad SMARTS) is 1. The Morgan fingerprint density at radius 2 is 2.00 bits per heavy atom. The van der Waals surface area contributed by atoms with E-state index in [1.165, 1.54) is 23.9 Å². The van der Waals surface area contributed by atoms with Crippen LogP contribution in [0.4, 0.5) is 13.2 Å². The third kappa shape index (κ3) is 4.29. The molecule has 33 heavy (non-hydrogen) atoms. The van der Waals surface area contributed by atoms with Crippen molar-refractivity contribution in [2.75, 3.05) is 7.11 Å². The van der Waals surface area contributed by atoms with Crippen LogP contribution in [0.15, 0.2) is 36.4 Å². The SMILES string of the molecule is CCc1c(OC)cccc1[C@@H]1S[C@@H](CC(=O)O)c2nnc(C(F)(F)F)n2-c2ccc(Cl)cc21. The number of methoxy groups -OCH3 is 1. The summed E-state index contributed by atoms with van der Waals surface area (Å²) in [6, 6.07) is 10.1. The van der Waals surface area contributed by atoms with Gasteiger partial charge in [-0.1, -0.05) is 30.7 Å². The third-order valence-electron chi connectivity index (χ3n) is 5.43. The molecule has 6 nitrogen and oxygen atoms in total. The molecule has 0 spiro atoms. The minimum atomic E-state index is -4.79. The molecule has 0 aliphatic carbocycles. The Bertz CT molecular complexity index is 1220. The second-order valence-electron chi connectivity index (χ2n) is 7.40. The first-order chi connectivity index (χ1) is 15.7. The monoisotopic (exact) mass is 497 g/mol. The lowest BCUT2D eigenvalue weighted by molar-refractivity contribution is -0.146. The first-order valence-electron chi connectivity index (χ1n) is 10.0. The van der Waals surface area contributed by atoms with Gasteiger partial charge in [0.1, 0.15) is 5.75 Å². The zero-order valence-corrected chi connectivity index (χ0v) is 19.1. The van der Waals surface area contributed by atoms with Gasteiger partial charge in [0.25, 0.3) is 0 Å². The summed E-state index contributed by atoms with van der Waals surface area (Å²) in [5.41, 5.74) is 2.41. The van der Waals surface area contributed by atoms with Crippen LogP contribution in [-0.4, -0.2) is 33.0 Å². The number of aromatic nitrogens is 3. The quantitative estimate of drug-likeness (QED) is 0.475. The van der Waals surface area contributed by atoms with Crippen molar-refractivity contribution in [1.29, 1.82) is 0 Å². The van der Waals surface area contributed by atoms with Crippen molar-refractivity contribution in [2.24, 2.45) is 0 Å². The van der Waals surface area contributed by atoms with Gasteiger partial charge in [-0.3, -0.25) is 9.36 Å². The topological polar surface area (TPSA) is 77.2 Å². The molecule has 1 aliphatic rings. The van der Waals surface area contributed by atoms with E-state index < -0.39 is 34.9 Å². The molecule has 1 aromatic heterocycles. The van der Waals surface area contributed by atoms with E-state index in [0.29, 0.717) is 22.8 Å². The Balaban J connectivity index is 2.04. The Labute approximate surface area is 196 Å². The Morgan fingerprint density at radius 3 is 2.64 bits per heavy atom. The summed E-state index contributed by atoms with van der Waals surface area (Å²) >= 11 is 7.49. The minimum absolute atomic E-state index is 0.0678. The molecular weight excluding hydrogens is 479 g/mol. The van der Waals surface area contributed by atoms with E-state index in [4.69, 9.17) is 16.3 Å². The summed E-state index contributed by atoms with van der Waals surface area (Å²) in [5.74, 6) is -1.78. The minimum Gasteiger partial charge on any atom is -0.496 e. The first-order valence-corrected chi connectivity index (χ1v) is 11.3. The predicted octanol–water partition coefficient (Wildman–Crippen LogP) is 5.86. The number of halogens is 4. The third-order valence-corrected chi connectivity index (χ3v) is 7.15. The standard InChI is InChI=1S/C22H19ClF3N3O3S/c1-3-12-13(5-4-6-16(12)32-2)19-14-9-11(23)7-8-15(14)29-20(17(33-19)10-18(30)31)27-28-21(29)22(24,25)26/h4-9,17,19H,3,10H2,1-2H3,(H,30,31)/t17-,19-/m0/s1. The molecule has 174 valence electrons. The number of nitrogens with zero attached hydrogens (tertiary/aromatic N) is 3. The molecule has 2 atom stereocenters. The van der Waals surface area contributed by atoms with Gasteiger partial charge in [0.15, 0.2) is 5.82 Å². The highest BCUT2D eigenvalue weighted by molar-refractivity contribution is 8.00. The van der Waals surface area contributed by atoms with Crippen molar-refractivity contribution < 1.29 is 27.8 Å². The highest BCUT2D eigenvalue weighted by atomic mass is 35.5. The van der Waals surface area contributed by atoms with Gasteiger partial charge in [-0.05, 0) is 47.4 Å². The van der Waals surface area contributed by atoms with Crippen molar-refractivity contribution in [1.82, 2.24) is 14.8 Å². The van der Waals surface area contributed by atoms with Gasteiger partial charge in [0.2, 0.25) is 5.82 Å². The predicted molar refractivity (Wildman–Crippen MR) is 118 cm³/mol. The normalized spacial score (nSPS) is 17.8. The van der Waals surface area contributed by atoms with Crippen molar-refractivity contribution in [3.05, 3.63) is 69.8 Å². The number of carboxylic acids is 1. The van der Waals surface area contributed by atoms with Gasteiger partial charge < -0.3 is 9.84 Å². The lowest BCUT2D eigenvalue weighted by atomic mass is 9.95. The van der Waals surface area contributed by atoms with E-state index in [1.54, 1.807) is 19.2 Å². The molecule has 1 aliphatic heterocycles.